The molecule has 106 valence electrons. The molecule has 2 N–H and O–H groups in total. The monoisotopic (exact) mass is 275 g/mol. The highest BCUT2D eigenvalue weighted by Gasteiger charge is 2.15. The van der Waals surface area contributed by atoms with Gasteiger partial charge in [-0.1, -0.05) is 24.3 Å². The maximum absolute atomic E-state index is 13.9. The fourth-order valence-corrected chi connectivity index (χ4v) is 1.94. The highest BCUT2D eigenvalue weighted by molar-refractivity contribution is 5.33. The Bertz CT molecular complexity index is 569. The second-order valence-electron chi connectivity index (χ2n) is 4.50. The average molecular weight is 275 g/mol. The Hall–Kier alpha value is -2.07. The first-order chi connectivity index (χ1) is 9.65. The van der Waals surface area contributed by atoms with Gasteiger partial charge in [-0.3, -0.25) is 0 Å². The molecular weight excluding hydrogens is 257 g/mol. The lowest BCUT2D eigenvalue weighted by Crippen LogP contribution is -2.19. The smallest absolute Gasteiger partial charge is 0.167 e. The quantitative estimate of drug-likeness (QED) is 0.911. The van der Waals surface area contributed by atoms with Gasteiger partial charge in [-0.05, 0) is 36.2 Å². The van der Waals surface area contributed by atoms with Gasteiger partial charge in [-0.15, -0.1) is 0 Å². The average Bonchev–Trinajstić information content (AvgIpc) is 2.49. The van der Waals surface area contributed by atoms with E-state index in [4.69, 9.17) is 15.2 Å². The fraction of sp³-hybridized carbons (Fsp3) is 0.250. The van der Waals surface area contributed by atoms with Gasteiger partial charge in [-0.25, -0.2) is 4.39 Å². The number of hydrogen-bond donors (Lipinski definition) is 1. The van der Waals surface area contributed by atoms with Gasteiger partial charge >= 0.3 is 0 Å². The van der Waals surface area contributed by atoms with Gasteiger partial charge in [-0.2, -0.15) is 0 Å². The topological polar surface area (TPSA) is 44.5 Å². The normalized spacial score (nSPS) is 12.0. The number of benzene rings is 2. The third kappa shape index (κ3) is 3.08. The molecule has 0 spiro atoms. The number of aryl methyl sites for hydroxylation is 1. The van der Waals surface area contributed by atoms with E-state index in [0.29, 0.717) is 5.56 Å². The third-order valence-corrected chi connectivity index (χ3v) is 3.13. The van der Waals surface area contributed by atoms with Crippen LogP contribution >= 0.6 is 0 Å². The summed E-state index contributed by atoms with van der Waals surface area (Å²) < 4.78 is 24.7. The van der Waals surface area contributed by atoms with Crippen LogP contribution in [0.3, 0.4) is 0 Å². The molecule has 0 saturated heterocycles. The third-order valence-electron chi connectivity index (χ3n) is 3.13. The fourth-order valence-electron chi connectivity index (χ4n) is 1.94. The van der Waals surface area contributed by atoms with Crippen molar-refractivity contribution in [2.24, 2.45) is 5.73 Å². The summed E-state index contributed by atoms with van der Waals surface area (Å²) in [6.07, 6.45) is -0.391. The van der Waals surface area contributed by atoms with Gasteiger partial charge in [0, 0.05) is 6.54 Å². The molecule has 0 bridgehead atoms. The van der Waals surface area contributed by atoms with E-state index in [1.165, 1.54) is 0 Å². The lowest BCUT2D eigenvalue weighted by atomic mass is 10.1. The van der Waals surface area contributed by atoms with Gasteiger partial charge < -0.3 is 15.2 Å². The molecular formula is C16H18FNO2. The van der Waals surface area contributed by atoms with Gasteiger partial charge in [0.05, 0.1) is 7.11 Å². The molecule has 0 radical (unpaired) electrons. The maximum Gasteiger partial charge on any atom is 0.167 e. The van der Waals surface area contributed by atoms with Crippen LogP contribution in [0.5, 0.6) is 11.5 Å². The van der Waals surface area contributed by atoms with Gasteiger partial charge in [0.2, 0.25) is 0 Å². The molecule has 0 aromatic heterocycles. The van der Waals surface area contributed by atoms with Crippen molar-refractivity contribution < 1.29 is 13.9 Å². The van der Waals surface area contributed by atoms with E-state index in [9.17, 15) is 4.39 Å². The summed E-state index contributed by atoms with van der Waals surface area (Å²) in [5.41, 5.74) is 7.17. The van der Waals surface area contributed by atoms with Crippen LogP contribution in [0.2, 0.25) is 0 Å². The molecule has 0 aliphatic rings. The summed E-state index contributed by atoms with van der Waals surface area (Å²) in [4.78, 5) is 0. The maximum atomic E-state index is 13.9. The first-order valence-corrected chi connectivity index (χ1v) is 6.41. The predicted molar refractivity (Wildman–Crippen MR) is 76.6 cm³/mol. The van der Waals surface area contributed by atoms with Gasteiger partial charge in [0.15, 0.2) is 11.6 Å². The molecule has 3 nitrogen and oxygen atoms in total. The van der Waals surface area contributed by atoms with Crippen molar-refractivity contribution in [1.29, 1.82) is 0 Å². The Morgan fingerprint density at radius 3 is 2.45 bits per heavy atom. The molecule has 0 aliphatic carbocycles. The van der Waals surface area contributed by atoms with Crippen LogP contribution in [0.25, 0.3) is 0 Å². The molecule has 1 unspecified atom stereocenters. The van der Waals surface area contributed by atoms with Gasteiger partial charge in [0.25, 0.3) is 0 Å². The Labute approximate surface area is 118 Å². The Morgan fingerprint density at radius 2 is 1.85 bits per heavy atom. The van der Waals surface area contributed by atoms with Crippen LogP contribution in [0.15, 0.2) is 42.5 Å². The molecule has 1 atom stereocenters. The Balaban J connectivity index is 2.21. The summed E-state index contributed by atoms with van der Waals surface area (Å²) in [7, 11) is 1.61. The van der Waals surface area contributed by atoms with E-state index in [2.05, 4.69) is 0 Å². The van der Waals surface area contributed by atoms with Crippen LogP contribution in [0.4, 0.5) is 4.39 Å². The number of nitrogens with two attached hydrogens (primary N) is 1. The summed E-state index contributed by atoms with van der Waals surface area (Å²) >= 11 is 0. The van der Waals surface area contributed by atoms with Crippen molar-refractivity contribution in [3.63, 3.8) is 0 Å². The lowest BCUT2D eigenvalue weighted by molar-refractivity contribution is 0.204. The molecule has 0 fully saturated rings. The van der Waals surface area contributed by atoms with Crippen LogP contribution in [-0.2, 0) is 0 Å². The van der Waals surface area contributed by atoms with Crippen molar-refractivity contribution in [2.45, 2.75) is 13.0 Å². The molecule has 2 rings (SSSR count). The molecule has 0 heterocycles. The zero-order chi connectivity index (χ0) is 14.5. The van der Waals surface area contributed by atoms with Crippen molar-refractivity contribution in [2.75, 3.05) is 13.7 Å². The number of methoxy groups -OCH3 is 1. The minimum absolute atomic E-state index is 0.219. The second-order valence-corrected chi connectivity index (χ2v) is 4.50. The van der Waals surface area contributed by atoms with Crippen LogP contribution in [0.1, 0.15) is 17.2 Å². The SMILES string of the molecule is COc1ccc(C(CN)Oc2cccc(C)c2F)cc1. The zero-order valence-corrected chi connectivity index (χ0v) is 11.6. The largest absolute Gasteiger partial charge is 0.497 e. The van der Waals surface area contributed by atoms with Crippen molar-refractivity contribution in [3.8, 4) is 11.5 Å². The molecule has 2 aromatic rings. The number of rotatable bonds is 5. The Kier molecular flexibility index (Phi) is 4.58. The number of ether oxygens (including phenoxy) is 2. The van der Waals surface area contributed by atoms with E-state index in [1.54, 1.807) is 32.2 Å². The minimum Gasteiger partial charge on any atom is -0.497 e. The summed E-state index contributed by atoms with van der Waals surface area (Å²) in [5.74, 6) is 0.627. The van der Waals surface area contributed by atoms with E-state index >= 15 is 0 Å². The molecule has 0 aliphatic heterocycles. The predicted octanol–water partition coefficient (Wildman–Crippen LogP) is 3.22. The van der Waals surface area contributed by atoms with Crippen LogP contribution in [-0.4, -0.2) is 13.7 Å². The number of halogens is 1. The summed E-state index contributed by atoms with van der Waals surface area (Å²) in [6.45, 7) is 1.97. The summed E-state index contributed by atoms with van der Waals surface area (Å²) in [6, 6.07) is 12.5. The Morgan fingerprint density at radius 1 is 1.15 bits per heavy atom. The van der Waals surface area contributed by atoms with E-state index in [1.807, 2.05) is 24.3 Å². The molecule has 0 saturated carbocycles. The first-order valence-electron chi connectivity index (χ1n) is 6.41. The second kappa shape index (κ2) is 6.39. The van der Waals surface area contributed by atoms with Crippen molar-refractivity contribution in [1.82, 2.24) is 0 Å². The van der Waals surface area contributed by atoms with Crippen molar-refractivity contribution >= 4 is 0 Å². The summed E-state index contributed by atoms with van der Waals surface area (Å²) in [5, 5.41) is 0. The highest BCUT2D eigenvalue weighted by atomic mass is 19.1. The van der Waals surface area contributed by atoms with Crippen LogP contribution < -0.4 is 15.2 Å². The molecule has 4 heteroatoms. The van der Waals surface area contributed by atoms with Crippen molar-refractivity contribution in [3.05, 3.63) is 59.4 Å². The standard InChI is InChI=1S/C16H18FNO2/c1-11-4-3-5-14(16(11)17)20-15(10-18)12-6-8-13(19-2)9-7-12/h3-9,15H,10,18H2,1-2H3. The van der Waals surface area contributed by atoms with E-state index < -0.39 is 6.10 Å². The lowest BCUT2D eigenvalue weighted by Gasteiger charge is -2.19. The van der Waals surface area contributed by atoms with Gasteiger partial charge in [0.1, 0.15) is 11.9 Å². The first kappa shape index (κ1) is 14.3. The number of hydrogen-bond acceptors (Lipinski definition) is 3. The van der Waals surface area contributed by atoms with Crippen LogP contribution in [0, 0.1) is 12.7 Å². The van der Waals surface area contributed by atoms with E-state index in [-0.39, 0.29) is 18.1 Å². The molecule has 20 heavy (non-hydrogen) atoms. The highest BCUT2D eigenvalue weighted by Crippen LogP contribution is 2.26. The van der Waals surface area contributed by atoms with E-state index in [0.717, 1.165) is 11.3 Å². The minimum atomic E-state index is -0.391. The zero-order valence-electron chi connectivity index (χ0n) is 11.6. The molecule has 2 aromatic carbocycles. The molecule has 0 amide bonds.